The number of carbonyl (C=O) groups excluding carboxylic acids is 1. The van der Waals surface area contributed by atoms with Crippen molar-refractivity contribution in [2.75, 3.05) is 7.11 Å². The zero-order valence-electron chi connectivity index (χ0n) is 16.4. The maximum Gasteiger partial charge on any atom is 0.150 e. The summed E-state index contributed by atoms with van der Waals surface area (Å²) in [5.74, 6) is 1.57. The largest absolute Gasteiger partial charge is 0.496 e. The SMILES string of the molecule is COc1cc(C=O)cc2sc(-c3cc4ccc(C)cc4n3CC3CC3)c(C)c12. The van der Waals surface area contributed by atoms with E-state index in [2.05, 4.69) is 42.7 Å². The summed E-state index contributed by atoms with van der Waals surface area (Å²) in [6, 6.07) is 12.8. The van der Waals surface area contributed by atoms with Crippen molar-refractivity contribution in [1.82, 2.24) is 4.57 Å². The smallest absolute Gasteiger partial charge is 0.150 e. The minimum Gasteiger partial charge on any atom is -0.496 e. The standard InChI is InChI=1S/C24H23NO2S/c1-14-4-7-18-11-20(25(19(18)8-14)12-16-5-6-16)24-15(2)23-21(27-3)9-17(13-26)10-22(23)28-24/h4,7-11,13,16H,5-6,12H2,1-3H3. The van der Waals surface area contributed by atoms with E-state index in [1.807, 2.05) is 12.1 Å². The zero-order valence-corrected chi connectivity index (χ0v) is 17.2. The fraction of sp³-hybridized carbons (Fsp3) is 0.292. The molecule has 2 aromatic heterocycles. The van der Waals surface area contributed by atoms with Gasteiger partial charge in [0.15, 0.2) is 0 Å². The third-order valence-electron chi connectivity index (χ3n) is 5.80. The van der Waals surface area contributed by atoms with Gasteiger partial charge in [0, 0.05) is 33.1 Å². The molecule has 1 aliphatic carbocycles. The van der Waals surface area contributed by atoms with Crippen LogP contribution in [0.2, 0.25) is 0 Å². The summed E-state index contributed by atoms with van der Waals surface area (Å²) in [6.07, 6.45) is 3.54. The monoisotopic (exact) mass is 389 g/mol. The van der Waals surface area contributed by atoms with Crippen molar-refractivity contribution < 1.29 is 9.53 Å². The van der Waals surface area contributed by atoms with Crippen LogP contribution in [-0.4, -0.2) is 18.0 Å². The number of hydrogen-bond donors (Lipinski definition) is 0. The number of aryl methyl sites for hydroxylation is 2. The summed E-state index contributed by atoms with van der Waals surface area (Å²) in [5.41, 5.74) is 5.77. The van der Waals surface area contributed by atoms with Crippen LogP contribution in [0.1, 0.15) is 34.3 Å². The van der Waals surface area contributed by atoms with Gasteiger partial charge < -0.3 is 9.30 Å². The van der Waals surface area contributed by atoms with Crippen LogP contribution in [0.3, 0.4) is 0 Å². The molecule has 2 aromatic carbocycles. The first-order chi connectivity index (χ1) is 13.6. The van der Waals surface area contributed by atoms with E-state index in [0.717, 1.165) is 34.6 Å². The Morgan fingerprint density at radius 3 is 2.71 bits per heavy atom. The van der Waals surface area contributed by atoms with Gasteiger partial charge in [-0.2, -0.15) is 0 Å². The van der Waals surface area contributed by atoms with Crippen molar-refractivity contribution >= 4 is 38.6 Å². The third-order valence-corrected chi connectivity index (χ3v) is 7.06. The van der Waals surface area contributed by atoms with Crippen LogP contribution in [0, 0.1) is 19.8 Å². The number of methoxy groups -OCH3 is 1. The van der Waals surface area contributed by atoms with E-state index in [1.54, 1.807) is 18.4 Å². The van der Waals surface area contributed by atoms with Gasteiger partial charge in [-0.3, -0.25) is 4.79 Å². The number of hydrogen-bond acceptors (Lipinski definition) is 3. The van der Waals surface area contributed by atoms with Crippen LogP contribution >= 0.6 is 11.3 Å². The number of nitrogens with zero attached hydrogens (tertiary/aromatic N) is 1. The molecule has 5 rings (SSSR count). The Balaban J connectivity index is 1.79. The second-order valence-electron chi connectivity index (χ2n) is 7.92. The van der Waals surface area contributed by atoms with Crippen molar-refractivity contribution in [3.05, 3.63) is 53.1 Å². The highest BCUT2D eigenvalue weighted by atomic mass is 32.1. The Hall–Kier alpha value is -2.59. The molecule has 0 spiro atoms. The number of aldehydes is 1. The van der Waals surface area contributed by atoms with E-state index in [-0.39, 0.29) is 0 Å². The lowest BCUT2D eigenvalue weighted by atomic mass is 10.1. The molecule has 0 radical (unpaired) electrons. The van der Waals surface area contributed by atoms with Crippen LogP contribution in [-0.2, 0) is 6.54 Å². The Bertz CT molecular complexity index is 1230. The lowest BCUT2D eigenvalue weighted by Gasteiger charge is -2.10. The van der Waals surface area contributed by atoms with Crippen molar-refractivity contribution in [2.45, 2.75) is 33.2 Å². The molecule has 0 unspecified atom stereocenters. The van der Waals surface area contributed by atoms with Crippen LogP contribution in [0.4, 0.5) is 0 Å². The van der Waals surface area contributed by atoms with Gasteiger partial charge in [0.2, 0.25) is 0 Å². The molecule has 0 N–H and O–H groups in total. The molecular formula is C24H23NO2S. The quantitative estimate of drug-likeness (QED) is 0.371. The number of aromatic nitrogens is 1. The van der Waals surface area contributed by atoms with Crippen LogP contribution in [0.15, 0.2) is 36.4 Å². The van der Waals surface area contributed by atoms with E-state index in [4.69, 9.17) is 4.74 Å². The molecule has 1 saturated carbocycles. The fourth-order valence-corrected chi connectivity index (χ4v) is 5.44. The lowest BCUT2D eigenvalue weighted by Crippen LogP contribution is -2.01. The molecule has 4 heteroatoms. The van der Waals surface area contributed by atoms with Crippen LogP contribution < -0.4 is 4.74 Å². The molecule has 3 nitrogen and oxygen atoms in total. The van der Waals surface area contributed by atoms with Crippen LogP contribution in [0.25, 0.3) is 31.6 Å². The van der Waals surface area contributed by atoms with Crippen molar-refractivity contribution in [3.63, 3.8) is 0 Å². The average molecular weight is 390 g/mol. The third kappa shape index (κ3) is 2.75. The molecule has 0 amide bonds. The predicted octanol–water partition coefficient (Wildman–Crippen LogP) is 6.37. The maximum absolute atomic E-state index is 11.4. The topological polar surface area (TPSA) is 31.2 Å². The highest BCUT2D eigenvalue weighted by Crippen LogP contribution is 2.45. The summed E-state index contributed by atoms with van der Waals surface area (Å²) in [6.45, 7) is 5.40. The van der Waals surface area contributed by atoms with Crippen LogP contribution in [0.5, 0.6) is 5.75 Å². The van der Waals surface area contributed by atoms with Gasteiger partial charge in [-0.05, 0) is 68.0 Å². The van der Waals surface area contributed by atoms with Gasteiger partial charge in [0.1, 0.15) is 12.0 Å². The first-order valence-corrected chi connectivity index (χ1v) is 10.6. The second kappa shape index (κ2) is 6.49. The van der Waals surface area contributed by atoms with Crippen molar-refractivity contribution in [2.24, 2.45) is 5.92 Å². The highest BCUT2D eigenvalue weighted by Gasteiger charge is 2.25. The number of rotatable bonds is 5. The van der Waals surface area contributed by atoms with E-state index >= 15 is 0 Å². The highest BCUT2D eigenvalue weighted by molar-refractivity contribution is 7.22. The minimum atomic E-state index is 0.659. The van der Waals surface area contributed by atoms with Gasteiger partial charge in [-0.25, -0.2) is 0 Å². The van der Waals surface area contributed by atoms with E-state index < -0.39 is 0 Å². The van der Waals surface area contributed by atoms with Gasteiger partial charge in [0.05, 0.1) is 17.7 Å². The molecule has 0 bridgehead atoms. The molecule has 4 aromatic rings. The van der Waals surface area contributed by atoms with E-state index in [0.29, 0.717) is 5.56 Å². The van der Waals surface area contributed by atoms with E-state index in [1.165, 1.54) is 45.4 Å². The van der Waals surface area contributed by atoms with Gasteiger partial charge in [-0.15, -0.1) is 11.3 Å². The Kier molecular flexibility index (Phi) is 4.06. The summed E-state index contributed by atoms with van der Waals surface area (Å²) in [7, 11) is 1.67. The average Bonchev–Trinajstić information content (AvgIpc) is 3.37. The molecular weight excluding hydrogens is 366 g/mol. The maximum atomic E-state index is 11.4. The van der Waals surface area contributed by atoms with Gasteiger partial charge in [-0.1, -0.05) is 12.1 Å². The number of benzene rings is 2. The van der Waals surface area contributed by atoms with Gasteiger partial charge in [0.25, 0.3) is 0 Å². The zero-order chi connectivity index (χ0) is 19.4. The number of fused-ring (bicyclic) bond motifs is 2. The minimum absolute atomic E-state index is 0.659. The molecule has 28 heavy (non-hydrogen) atoms. The molecule has 0 saturated heterocycles. The second-order valence-corrected chi connectivity index (χ2v) is 8.97. The molecule has 0 aliphatic heterocycles. The number of carbonyl (C=O) groups is 1. The van der Waals surface area contributed by atoms with Gasteiger partial charge >= 0.3 is 0 Å². The molecule has 142 valence electrons. The molecule has 2 heterocycles. The number of thiophene rings is 1. The predicted molar refractivity (Wildman–Crippen MR) is 117 cm³/mol. The van der Waals surface area contributed by atoms with Crippen molar-refractivity contribution in [1.29, 1.82) is 0 Å². The Morgan fingerprint density at radius 1 is 1.18 bits per heavy atom. The summed E-state index contributed by atoms with van der Waals surface area (Å²) in [5, 5.41) is 2.41. The molecule has 1 fully saturated rings. The summed E-state index contributed by atoms with van der Waals surface area (Å²) in [4.78, 5) is 12.6. The Morgan fingerprint density at radius 2 is 2.00 bits per heavy atom. The Labute approximate surface area is 168 Å². The molecule has 1 aliphatic rings. The molecule has 0 atom stereocenters. The fourth-order valence-electron chi connectivity index (χ4n) is 4.14. The summed E-state index contributed by atoms with van der Waals surface area (Å²) < 4.78 is 9.23. The number of ether oxygens (including phenoxy) is 1. The summed E-state index contributed by atoms with van der Waals surface area (Å²) >= 11 is 1.76. The van der Waals surface area contributed by atoms with Crippen molar-refractivity contribution in [3.8, 4) is 16.3 Å². The first-order valence-electron chi connectivity index (χ1n) is 9.75. The normalized spacial score (nSPS) is 14.1. The lowest BCUT2D eigenvalue weighted by molar-refractivity contribution is 0.112. The van der Waals surface area contributed by atoms with E-state index in [9.17, 15) is 4.79 Å². The first kappa shape index (κ1) is 17.5.